The van der Waals surface area contributed by atoms with Crippen molar-refractivity contribution in [2.75, 3.05) is 30.8 Å². The molecule has 1 fully saturated rings. The standard InChI is InChI=1S/C26H32N8O3S/c1-17-22(11-19(13-27-17)30-26(36)37-10-9-32(2)20-7-5-4-6-8-20)31-24(35)21-14-29-34-16-23(38-25(21)34)18-12-28-33(3)15-18/h11-16,20H,4-10H2,1-3H3,(H,30,36)(H,31,35). The number of carbonyl (C=O) groups excluding carboxylic acids is 2. The van der Waals surface area contributed by atoms with Crippen molar-refractivity contribution in [3.05, 3.63) is 48.3 Å². The Hall–Kier alpha value is -3.77. The summed E-state index contributed by atoms with van der Waals surface area (Å²) in [5, 5.41) is 14.2. The summed E-state index contributed by atoms with van der Waals surface area (Å²) in [5.41, 5.74) is 2.96. The number of hydrogen-bond donors (Lipinski definition) is 2. The molecule has 1 aliphatic carbocycles. The number of fused-ring (bicyclic) bond motifs is 1. The second kappa shape index (κ2) is 11.3. The zero-order chi connectivity index (χ0) is 26.6. The molecule has 2 amide bonds. The second-order valence-electron chi connectivity index (χ2n) is 9.65. The van der Waals surface area contributed by atoms with Crippen LogP contribution in [-0.4, -0.2) is 67.5 Å². The molecule has 5 rings (SSSR count). The fraction of sp³-hybridized carbons (Fsp3) is 0.423. The summed E-state index contributed by atoms with van der Waals surface area (Å²) in [6.45, 7) is 2.79. The lowest BCUT2D eigenvalue weighted by Gasteiger charge is -2.30. The molecule has 0 unspecified atom stereocenters. The highest BCUT2D eigenvalue weighted by atomic mass is 32.1. The number of thiazole rings is 1. The first-order valence-electron chi connectivity index (χ1n) is 12.8. The Morgan fingerprint density at radius 1 is 1.13 bits per heavy atom. The molecule has 38 heavy (non-hydrogen) atoms. The lowest BCUT2D eigenvalue weighted by molar-refractivity contribution is 0.102. The highest BCUT2D eigenvalue weighted by molar-refractivity contribution is 7.21. The van der Waals surface area contributed by atoms with Crippen molar-refractivity contribution in [3.63, 3.8) is 0 Å². The van der Waals surface area contributed by atoms with Gasteiger partial charge in [-0.05, 0) is 32.9 Å². The third kappa shape index (κ3) is 5.86. The Kier molecular flexibility index (Phi) is 7.70. The molecular weight excluding hydrogens is 504 g/mol. The summed E-state index contributed by atoms with van der Waals surface area (Å²) in [4.78, 5) is 33.8. The lowest BCUT2D eigenvalue weighted by atomic mass is 9.94. The third-order valence-electron chi connectivity index (χ3n) is 6.89. The molecule has 200 valence electrons. The van der Waals surface area contributed by atoms with Gasteiger partial charge in [-0.2, -0.15) is 10.2 Å². The van der Waals surface area contributed by atoms with Gasteiger partial charge in [-0.25, -0.2) is 9.31 Å². The van der Waals surface area contributed by atoms with E-state index in [0.717, 1.165) is 15.3 Å². The van der Waals surface area contributed by atoms with Crippen LogP contribution < -0.4 is 10.6 Å². The van der Waals surface area contributed by atoms with Gasteiger partial charge < -0.3 is 15.0 Å². The molecule has 0 spiro atoms. The number of likely N-dealkylation sites (N-methyl/N-ethyl adjacent to an activating group) is 1. The number of carbonyl (C=O) groups is 2. The van der Waals surface area contributed by atoms with Crippen molar-refractivity contribution in [2.45, 2.75) is 45.1 Å². The summed E-state index contributed by atoms with van der Waals surface area (Å²) in [7, 11) is 3.94. The number of aromatic nitrogens is 5. The van der Waals surface area contributed by atoms with Crippen LogP contribution in [0.4, 0.5) is 16.2 Å². The maximum atomic E-state index is 13.1. The maximum absolute atomic E-state index is 13.1. The Morgan fingerprint density at radius 2 is 1.95 bits per heavy atom. The van der Waals surface area contributed by atoms with Crippen LogP contribution in [0.3, 0.4) is 0 Å². The van der Waals surface area contributed by atoms with E-state index in [9.17, 15) is 9.59 Å². The van der Waals surface area contributed by atoms with Gasteiger partial charge in [-0.3, -0.25) is 19.8 Å². The summed E-state index contributed by atoms with van der Waals surface area (Å²) in [6, 6.07) is 2.24. The number of nitrogens with zero attached hydrogens (tertiary/aromatic N) is 6. The topological polar surface area (TPSA) is 119 Å². The summed E-state index contributed by atoms with van der Waals surface area (Å²) in [6.07, 6.45) is 14.3. The number of amides is 2. The molecule has 0 aromatic carbocycles. The van der Waals surface area contributed by atoms with Gasteiger partial charge in [-0.15, -0.1) is 11.3 Å². The monoisotopic (exact) mass is 536 g/mol. The van der Waals surface area contributed by atoms with Crippen molar-refractivity contribution >= 4 is 39.5 Å². The quantitative estimate of drug-likeness (QED) is 0.339. The van der Waals surface area contributed by atoms with Gasteiger partial charge in [0.05, 0.1) is 46.1 Å². The Balaban J connectivity index is 1.19. The first-order valence-corrected chi connectivity index (χ1v) is 13.6. The Morgan fingerprint density at radius 3 is 2.71 bits per heavy atom. The first-order chi connectivity index (χ1) is 18.4. The Bertz CT molecular complexity index is 1440. The summed E-state index contributed by atoms with van der Waals surface area (Å²) >= 11 is 1.46. The van der Waals surface area contributed by atoms with Crippen LogP contribution in [0.5, 0.6) is 0 Å². The fourth-order valence-electron chi connectivity index (χ4n) is 4.68. The first kappa shape index (κ1) is 25.9. The van der Waals surface area contributed by atoms with E-state index >= 15 is 0 Å². The molecule has 0 radical (unpaired) electrons. The van der Waals surface area contributed by atoms with Gasteiger partial charge >= 0.3 is 6.09 Å². The largest absolute Gasteiger partial charge is 0.448 e. The van der Waals surface area contributed by atoms with Gasteiger partial charge in [-0.1, -0.05) is 19.3 Å². The summed E-state index contributed by atoms with van der Waals surface area (Å²) in [5.74, 6) is -0.310. The van der Waals surface area contributed by atoms with Gasteiger partial charge in [0, 0.05) is 37.6 Å². The minimum absolute atomic E-state index is 0.307. The smallest absolute Gasteiger partial charge is 0.411 e. The van der Waals surface area contributed by atoms with Crippen LogP contribution in [0.1, 0.15) is 48.2 Å². The summed E-state index contributed by atoms with van der Waals surface area (Å²) < 4.78 is 8.80. The van der Waals surface area contributed by atoms with Gasteiger partial charge in [0.1, 0.15) is 11.4 Å². The average Bonchev–Trinajstić information content (AvgIpc) is 3.62. The zero-order valence-corrected chi connectivity index (χ0v) is 22.6. The van der Waals surface area contributed by atoms with Crippen molar-refractivity contribution in [2.24, 2.45) is 7.05 Å². The van der Waals surface area contributed by atoms with E-state index in [2.05, 4.69) is 37.8 Å². The molecule has 12 heteroatoms. The highest BCUT2D eigenvalue weighted by Crippen LogP contribution is 2.30. The van der Waals surface area contributed by atoms with Gasteiger partial charge in [0.15, 0.2) is 0 Å². The predicted molar refractivity (Wildman–Crippen MR) is 147 cm³/mol. The third-order valence-corrected chi connectivity index (χ3v) is 8.05. The molecule has 0 atom stereocenters. The van der Waals surface area contributed by atoms with Crippen LogP contribution in [-0.2, 0) is 11.8 Å². The predicted octanol–water partition coefficient (Wildman–Crippen LogP) is 4.57. The second-order valence-corrected chi connectivity index (χ2v) is 10.7. The van der Waals surface area contributed by atoms with E-state index in [1.54, 1.807) is 34.6 Å². The molecule has 0 saturated heterocycles. The minimum atomic E-state index is -0.551. The van der Waals surface area contributed by atoms with Gasteiger partial charge in [0.2, 0.25) is 0 Å². The molecule has 0 aliphatic heterocycles. The average molecular weight is 537 g/mol. The maximum Gasteiger partial charge on any atom is 0.411 e. The van der Waals surface area contributed by atoms with Crippen molar-refractivity contribution in [1.29, 1.82) is 0 Å². The molecule has 0 bridgehead atoms. The minimum Gasteiger partial charge on any atom is -0.448 e. The van der Waals surface area contributed by atoms with Crippen molar-refractivity contribution < 1.29 is 14.3 Å². The number of pyridine rings is 1. The number of nitrogens with one attached hydrogen (secondary N) is 2. The SMILES string of the molecule is Cc1ncc(NC(=O)OCCN(C)C2CCCCC2)cc1NC(=O)c1cnn2cc(-c3cnn(C)c3)sc12. The van der Waals surface area contributed by atoms with Crippen LogP contribution in [0, 0.1) is 6.92 Å². The number of anilines is 2. The number of hydrogen-bond acceptors (Lipinski definition) is 8. The lowest BCUT2D eigenvalue weighted by Crippen LogP contribution is -2.36. The van der Waals surface area contributed by atoms with E-state index in [-0.39, 0.29) is 5.91 Å². The van der Waals surface area contributed by atoms with E-state index in [0.29, 0.717) is 41.8 Å². The zero-order valence-electron chi connectivity index (χ0n) is 21.8. The molecule has 1 aliphatic rings. The number of aryl methyl sites for hydroxylation is 2. The van der Waals surface area contributed by atoms with Crippen LogP contribution in [0.15, 0.2) is 37.1 Å². The van der Waals surface area contributed by atoms with E-state index < -0.39 is 6.09 Å². The van der Waals surface area contributed by atoms with E-state index in [1.807, 2.05) is 19.4 Å². The molecule has 4 aromatic rings. The van der Waals surface area contributed by atoms with E-state index in [1.165, 1.54) is 49.6 Å². The van der Waals surface area contributed by atoms with Crippen LogP contribution >= 0.6 is 11.3 Å². The fourth-order valence-corrected chi connectivity index (χ4v) is 5.72. The molecule has 1 saturated carbocycles. The van der Waals surface area contributed by atoms with Crippen LogP contribution in [0.2, 0.25) is 0 Å². The molecule has 4 aromatic heterocycles. The molecule has 11 nitrogen and oxygen atoms in total. The molecular formula is C26H32N8O3S. The normalized spacial score (nSPS) is 14.2. The van der Waals surface area contributed by atoms with Crippen molar-refractivity contribution in [3.8, 4) is 10.4 Å². The Labute approximate surface area is 224 Å². The molecule has 2 N–H and O–H groups in total. The number of ether oxygens (including phenoxy) is 1. The van der Waals surface area contributed by atoms with Crippen molar-refractivity contribution in [1.82, 2.24) is 29.3 Å². The molecule has 4 heterocycles. The number of rotatable bonds is 8. The van der Waals surface area contributed by atoms with E-state index in [4.69, 9.17) is 4.74 Å². The highest BCUT2D eigenvalue weighted by Gasteiger charge is 2.19. The van der Waals surface area contributed by atoms with Gasteiger partial charge in [0.25, 0.3) is 5.91 Å². The van der Waals surface area contributed by atoms with Crippen LogP contribution in [0.25, 0.3) is 15.3 Å².